The molecular weight excluding hydrogens is 308 g/mol. The van der Waals surface area contributed by atoms with Crippen LogP contribution in [-0.2, 0) is 23.2 Å². The molecule has 0 saturated carbocycles. The lowest BCUT2D eigenvalue weighted by Crippen LogP contribution is -2.35. The number of aliphatic hydroxyl groups excluding tert-OH is 1. The number of hydrogen-bond donors (Lipinski definition) is 1. The minimum atomic E-state index is -3.51. The average Bonchev–Trinajstić information content (AvgIpc) is 2.88. The third kappa shape index (κ3) is 4.48. The van der Waals surface area contributed by atoms with Crippen molar-refractivity contribution in [3.05, 3.63) is 18.0 Å². The number of aryl methyl sites for hydroxylation is 1. The van der Waals surface area contributed by atoms with E-state index in [1.54, 1.807) is 31.1 Å². The second kappa shape index (κ2) is 8.22. The summed E-state index contributed by atoms with van der Waals surface area (Å²) in [6.45, 7) is 4.49. The smallest absolute Gasteiger partial charge is 0.244 e. The van der Waals surface area contributed by atoms with Crippen molar-refractivity contribution in [2.45, 2.75) is 50.8 Å². The van der Waals surface area contributed by atoms with E-state index in [9.17, 15) is 13.5 Å². The highest BCUT2D eigenvalue weighted by Gasteiger charge is 2.26. The zero-order valence-electron chi connectivity index (χ0n) is 13.2. The summed E-state index contributed by atoms with van der Waals surface area (Å²) < 4.78 is 28.5. The Hall–Kier alpha value is -0.500. The third-order valence-corrected chi connectivity index (χ3v) is 6.21. The molecule has 0 aliphatic carbocycles. The van der Waals surface area contributed by atoms with Crippen LogP contribution in [0.5, 0.6) is 0 Å². The van der Waals surface area contributed by atoms with Gasteiger partial charge in [-0.1, -0.05) is 6.92 Å². The predicted octanol–water partition coefficient (Wildman–Crippen LogP) is 2.15. The van der Waals surface area contributed by atoms with Gasteiger partial charge in [-0.25, -0.2) is 8.42 Å². The van der Waals surface area contributed by atoms with E-state index in [1.807, 2.05) is 24.7 Å². The van der Waals surface area contributed by atoms with Gasteiger partial charge in [0.1, 0.15) is 4.90 Å². The van der Waals surface area contributed by atoms with Crippen LogP contribution in [0.15, 0.2) is 17.2 Å². The molecule has 0 amide bonds. The Labute approximate surface area is 132 Å². The van der Waals surface area contributed by atoms with Crippen molar-refractivity contribution >= 4 is 21.8 Å². The fraction of sp³-hybridized carbons (Fsp3) is 0.714. The first-order valence-corrected chi connectivity index (χ1v) is 9.98. The lowest BCUT2D eigenvalue weighted by Gasteiger charge is -2.23. The van der Waals surface area contributed by atoms with Crippen LogP contribution in [0, 0.1) is 0 Å². The van der Waals surface area contributed by atoms with Gasteiger partial charge < -0.3 is 9.67 Å². The number of aliphatic hydroxyl groups is 1. The lowest BCUT2D eigenvalue weighted by atomic mass is 10.3. The molecule has 0 bridgehead atoms. The monoisotopic (exact) mass is 334 g/mol. The van der Waals surface area contributed by atoms with Crippen LogP contribution in [0.3, 0.4) is 0 Å². The number of sulfonamides is 1. The van der Waals surface area contributed by atoms with Crippen LogP contribution in [0.1, 0.15) is 32.4 Å². The average molecular weight is 335 g/mol. The van der Waals surface area contributed by atoms with Crippen LogP contribution in [0.2, 0.25) is 0 Å². The summed E-state index contributed by atoms with van der Waals surface area (Å²) >= 11 is 1.71. The summed E-state index contributed by atoms with van der Waals surface area (Å²) in [6.07, 6.45) is 5.35. The van der Waals surface area contributed by atoms with Crippen LogP contribution < -0.4 is 0 Å². The molecule has 0 aliphatic rings. The minimum absolute atomic E-state index is 0.0467. The van der Waals surface area contributed by atoms with E-state index >= 15 is 0 Å². The van der Waals surface area contributed by atoms with Crippen molar-refractivity contribution in [3.8, 4) is 0 Å². The van der Waals surface area contributed by atoms with Gasteiger partial charge in [-0.15, -0.1) is 0 Å². The van der Waals surface area contributed by atoms with Gasteiger partial charge in [-0.2, -0.15) is 16.1 Å². The molecule has 1 atom stereocenters. The van der Waals surface area contributed by atoms with Crippen LogP contribution >= 0.6 is 11.8 Å². The van der Waals surface area contributed by atoms with Gasteiger partial charge in [0.15, 0.2) is 0 Å². The van der Waals surface area contributed by atoms with E-state index in [-0.39, 0.29) is 17.5 Å². The molecule has 1 unspecified atom stereocenters. The highest BCUT2D eigenvalue weighted by Crippen LogP contribution is 2.21. The Morgan fingerprint density at radius 3 is 2.67 bits per heavy atom. The number of hydrogen-bond acceptors (Lipinski definition) is 4. The number of thioether (sulfide) groups is 1. The van der Waals surface area contributed by atoms with Crippen molar-refractivity contribution in [2.24, 2.45) is 0 Å². The summed E-state index contributed by atoms with van der Waals surface area (Å²) in [6, 6.07) is 1.53. The molecule has 0 saturated heterocycles. The van der Waals surface area contributed by atoms with Gasteiger partial charge in [0.05, 0.1) is 6.61 Å². The van der Waals surface area contributed by atoms with E-state index in [2.05, 4.69) is 0 Å². The number of nitrogens with zero attached hydrogens (tertiary/aromatic N) is 2. The normalized spacial score (nSPS) is 13.8. The Bertz CT molecular complexity index is 540. The van der Waals surface area contributed by atoms with Crippen molar-refractivity contribution in [1.29, 1.82) is 0 Å². The van der Waals surface area contributed by atoms with Crippen molar-refractivity contribution < 1.29 is 13.5 Å². The standard InChI is InChI=1S/C14H26N2O3S2/c1-5-7-16-10-14(9-13(16)11-17)21(18,19)15(3)12(2)6-8-20-4/h9-10,12,17H,5-8,11H2,1-4H3. The maximum absolute atomic E-state index is 12.6. The maximum atomic E-state index is 12.6. The third-order valence-electron chi connectivity index (χ3n) is 3.62. The van der Waals surface area contributed by atoms with Crippen LogP contribution in [0.25, 0.3) is 0 Å². The highest BCUT2D eigenvalue weighted by molar-refractivity contribution is 7.98. The van der Waals surface area contributed by atoms with Gasteiger partial charge in [-0.3, -0.25) is 0 Å². The van der Waals surface area contributed by atoms with Gasteiger partial charge in [0.25, 0.3) is 0 Å². The first-order chi connectivity index (χ1) is 9.88. The topological polar surface area (TPSA) is 62.5 Å². The molecule has 1 aromatic heterocycles. The molecule has 0 aliphatic heterocycles. The fourth-order valence-corrected chi connectivity index (χ4v) is 4.15. The molecule has 1 aromatic rings. The summed E-state index contributed by atoms with van der Waals surface area (Å²) in [4.78, 5) is 0.263. The summed E-state index contributed by atoms with van der Waals surface area (Å²) in [5, 5.41) is 9.36. The molecule has 21 heavy (non-hydrogen) atoms. The summed E-state index contributed by atoms with van der Waals surface area (Å²) in [5.41, 5.74) is 0.639. The molecule has 0 spiro atoms. The Kier molecular flexibility index (Phi) is 7.26. The van der Waals surface area contributed by atoms with Crippen molar-refractivity contribution in [2.75, 3.05) is 19.1 Å². The van der Waals surface area contributed by atoms with Crippen LogP contribution in [0.4, 0.5) is 0 Å². The van der Waals surface area contributed by atoms with E-state index < -0.39 is 10.0 Å². The molecule has 1 N–H and O–H groups in total. The van der Waals surface area contributed by atoms with Gasteiger partial charge in [-0.05, 0) is 37.8 Å². The largest absolute Gasteiger partial charge is 0.390 e. The van der Waals surface area contributed by atoms with Crippen molar-refractivity contribution in [1.82, 2.24) is 8.87 Å². The van der Waals surface area contributed by atoms with E-state index in [4.69, 9.17) is 0 Å². The summed E-state index contributed by atoms with van der Waals surface area (Å²) in [7, 11) is -1.89. The molecule has 5 nitrogen and oxygen atoms in total. The van der Waals surface area contributed by atoms with E-state index in [0.717, 1.165) is 18.6 Å². The Morgan fingerprint density at radius 1 is 1.48 bits per heavy atom. The zero-order valence-corrected chi connectivity index (χ0v) is 14.9. The molecule has 0 aromatic carbocycles. The zero-order chi connectivity index (χ0) is 16.0. The summed E-state index contributed by atoms with van der Waals surface area (Å²) in [5.74, 6) is 0.930. The fourth-order valence-electron chi connectivity index (χ4n) is 2.12. The van der Waals surface area contributed by atoms with E-state index in [0.29, 0.717) is 12.2 Å². The Morgan fingerprint density at radius 2 is 2.14 bits per heavy atom. The lowest BCUT2D eigenvalue weighted by molar-refractivity contribution is 0.270. The van der Waals surface area contributed by atoms with E-state index in [1.165, 1.54) is 4.31 Å². The molecule has 1 rings (SSSR count). The van der Waals surface area contributed by atoms with Crippen LogP contribution in [-0.4, -0.2) is 47.5 Å². The first kappa shape index (κ1) is 18.5. The minimum Gasteiger partial charge on any atom is -0.390 e. The second-order valence-corrected chi connectivity index (χ2v) is 8.15. The Balaban J connectivity index is 3.01. The molecule has 7 heteroatoms. The SMILES string of the molecule is CCCn1cc(S(=O)(=O)N(C)C(C)CCSC)cc1CO. The molecular formula is C14H26N2O3S2. The molecule has 1 heterocycles. The molecule has 0 radical (unpaired) electrons. The van der Waals surface area contributed by atoms with Crippen molar-refractivity contribution in [3.63, 3.8) is 0 Å². The molecule has 0 fully saturated rings. The predicted molar refractivity (Wildman–Crippen MR) is 88.1 cm³/mol. The maximum Gasteiger partial charge on any atom is 0.244 e. The quantitative estimate of drug-likeness (QED) is 0.752. The first-order valence-electron chi connectivity index (χ1n) is 7.15. The van der Waals surface area contributed by atoms with Gasteiger partial charge in [0, 0.05) is 31.5 Å². The van der Waals surface area contributed by atoms with Gasteiger partial charge in [0.2, 0.25) is 10.0 Å². The number of rotatable bonds is 9. The molecule has 122 valence electrons. The highest BCUT2D eigenvalue weighted by atomic mass is 32.2. The van der Waals surface area contributed by atoms with Gasteiger partial charge >= 0.3 is 0 Å². The second-order valence-electron chi connectivity index (χ2n) is 5.17. The number of aromatic nitrogens is 1.